The molecule has 12 heavy (non-hydrogen) atoms. The van der Waals surface area contributed by atoms with Crippen molar-refractivity contribution in [3.05, 3.63) is 0 Å². The highest BCUT2D eigenvalue weighted by molar-refractivity contribution is 4.89. The van der Waals surface area contributed by atoms with Gasteiger partial charge in [0.05, 0.1) is 0 Å². The third kappa shape index (κ3) is 1.64. The minimum absolute atomic E-state index is 0.859. The first-order valence-electron chi connectivity index (χ1n) is 5.36. The van der Waals surface area contributed by atoms with Crippen molar-refractivity contribution in [3.63, 3.8) is 0 Å². The van der Waals surface area contributed by atoms with Gasteiger partial charge in [-0.15, -0.1) is 0 Å². The van der Waals surface area contributed by atoms with Crippen LogP contribution in [0.5, 0.6) is 0 Å². The Kier molecular flexibility index (Phi) is 2.66. The van der Waals surface area contributed by atoms with Crippen LogP contribution < -0.4 is 5.32 Å². The molecule has 0 radical (unpaired) electrons. The van der Waals surface area contributed by atoms with E-state index in [1.54, 1.807) is 0 Å². The molecule has 0 amide bonds. The van der Waals surface area contributed by atoms with Gasteiger partial charge in [-0.05, 0) is 44.8 Å². The van der Waals surface area contributed by atoms with E-state index in [1.807, 2.05) is 0 Å². The predicted octanol–water partition coefficient (Wildman–Crippen LogP) is 1.08. The van der Waals surface area contributed by atoms with Gasteiger partial charge >= 0.3 is 0 Å². The molecule has 2 rings (SSSR count). The highest BCUT2D eigenvalue weighted by Crippen LogP contribution is 2.24. The molecule has 2 unspecified atom stereocenters. The predicted molar refractivity (Wildman–Crippen MR) is 51.2 cm³/mol. The van der Waals surface area contributed by atoms with Gasteiger partial charge < -0.3 is 10.2 Å². The van der Waals surface area contributed by atoms with Crippen LogP contribution in [0, 0.1) is 5.92 Å². The minimum Gasteiger partial charge on any atom is -0.314 e. The maximum atomic E-state index is 3.59. The number of nitrogens with one attached hydrogen (secondary N) is 1. The molecule has 2 heteroatoms. The van der Waals surface area contributed by atoms with Gasteiger partial charge in [0, 0.05) is 12.6 Å². The van der Waals surface area contributed by atoms with E-state index in [0.29, 0.717) is 0 Å². The summed E-state index contributed by atoms with van der Waals surface area (Å²) in [5, 5.41) is 3.59. The van der Waals surface area contributed by atoms with E-state index < -0.39 is 0 Å². The van der Waals surface area contributed by atoms with Crippen LogP contribution in [0.25, 0.3) is 0 Å². The Morgan fingerprint density at radius 1 is 1.42 bits per heavy atom. The molecule has 0 aromatic rings. The molecule has 70 valence electrons. The molecule has 2 aliphatic heterocycles. The van der Waals surface area contributed by atoms with Crippen molar-refractivity contribution in [2.24, 2.45) is 5.92 Å². The van der Waals surface area contributed by atoms with Gasteiger partial charge in [-0.25, -0.2) is 0 Å². The lowest BCUT2D eigenvalue weighted by Gasteiger charge is -2.34. The molecule has 2 heterocycles. The third-order valence-corrected chi connectivity index (χ3v) is 3.28. The average Bonchev–Trinajstić information content (AvgIpc) is 2.51. The summed E-state index contributed by atoms with van der Waals surface area (Å²) in [6, 6.07) is 0.859. The lowest BCUT2D eigenvalue weighted by atomic mass is 9.93. The monoisotopic (exact) mass is 168 g/mol. The molecule has 2 atom stereocenters. The van der Waals surface area contributed by atoms with Crippen molar-refractivity contribution >= 4 is 0 Å². The van der Waals surface area contributed by atoms with E-state index in [0.717, 1.165) is 12.0 Å². The summed E-state index contributed by atoms with van der Waals surface area (Å²) < 4.78 is 0. The Hall–Kier alpha value is -0.0800. The molecule has 2 saturated heterocycles. The molecular formula is C10H20N2. The van der Waals surface area contributed by atoms with Gasteiger partial charge in [-0.3, -0.25) is 0 Å². The molecule has 0 aromatic heterocycles. The third-order valence-electron chi connectivity index (χ3n) is 3.28. The van der Waals surface area contributed by atoms with Gasteiger partial charge in [0.2, 0.25) is 0 Å². The second kappa shape index (κ2) is 3.75. The topological polar surface area (TPSA) is 15.3 Å². The number of likely N-dealkylation sites (tertiary alicyclic amines) is 1. The van der Waals surface area contributed by atoms with Crippen LogP contribution in [0.1, 0.15) is 26.2 Å². The molecule has 2 fully saturated rings. The van der Waals surface area contributed by atoms with Gasteiger partial charge in [0.15, 0.2) is 0 Å². The fourth-order valence-electron chi connectivity index (χ4n) is 2.64. The van der Waals surface area contributed by atoms with E-state index in [-0.39, 0.29) is 0 Å². The van der Waals surface area contributed by atoms with Gasteiger partial charge in [-0.2, -0.15) is 0 Å². The van der Waals surface area contributed by atoms with E-state index >= 15 is 0 Å². The van der Waals surface area contributed by atoms with Crippen LogP contribution in [0.15, 0.2) is 0 Å². The van der Waals surface area contributed by atoms with E-state index in [2.05, 4.69) is 17.1 Å². The number of nitrogens with zero attached hydrogens (tertiary/aromatic N) is 1. The van der Waals surface area contributed by atoms with Crippen LogP contribution in [0.3, 0.4) is 0 Å². The molecular weight excluding hydrogens is 148 g/mol. The summed E-state index contributed by atoms with van der Waals surface area (Å²) in [6.45, 7) is 7.52. The Morgan fingerprint density at radius 2 is 2.33 bits per heavy atom. The molecule has 2 aliphatic rings. The van der Waals surface area contributed by atoms with E-state index in [4.69, 9.17) is 0 Å². The quantitative estimate of drug-likeness (QED) is 0.664. The summed E-state index contributed by atoms with van der Waals surface area (Å²) in [6.07, 6.45) is 4.10. The zero-order chi connectivity index (χ0) is 8.39. The fourth-order valence-corrected chi connectivity index (χ4v) is 2.64. The molecule has 0 aliphatic carbocycles. The molecule has 0 bridgehead atoms. The van der Waals surface area contributed by atoms with Crippen molar-refractivity contribution in [1.82, 2.24) is 10.2 Å². The minimum atomic E-state index is 0.859. The van der Waals surface area contributed by atoms with Crippen molar-refractivity contribution in [2.45, 2.75) is 32.2 Å². The summed E-state index contributed by atoms with van der Waals surface area (Å²) in [4.78, 5) is 2.63. The molecule has 0 aromatic carbocycles. The molecule has 0 saturated carbocycles. The molecule has 2 nitrogen and oxygen atoms in total. The summed E-state index contributed by atoms with van der Waals surface area (Å²) >= 11 is 0. The van der Waals surface area contributed by atoms with Crippen molar-refractivity contribution in [1.29, 1.82) is 0 Å². The Bertz CT molecular complexity index is 147. The van der Waals surface area contributed by atoms with Crippen LogP contribution in [-0.4, -0.2) is 37.1 Å². The zero-order valence-corrected chi connectivity index (χ0v) is 8.05. The smallest absolute Gasteiger partial charge is 0.0120 e. The zero-order valence-electron chi connectivity index (χ0n) is 8.05. The highest BCUT2D eigenvalue weighted by atomic mass is 15.2. The number of fused-ring (bicyclic) bond motifs is 1. The second-order valence-electron chi connectivity index (χ2n) is 4.20. The normalized spacial score (nSPS) is 36.8. The lowest BCUT2D eigenvalue weighted by molar-refractivity contribution is 0.163. The Labute approximate surface area is 75.3 Å². The van der Waals surface area contributed by atoms with E-state index in [9.17, 15) is 0 Å². The van der Waals surface area contributed by atoms with Crippen molar-refractivity contribution < 1.29 is 0 Å². The standard InChI is InChI=1S/C10H20N2/c1-2-6-12-7-4-10-9(8-12)3-5-11-10/h9-11H,2-8H2,1H3. The van der Waals surface area contributed by atoms with Crippen LogP contribution >= 0.6 is 0 Å². The van der Waals surface area contributed by atoms with Crippen molar-refractivity contribution in [2.75, 3.05) is 26.2 Å². The van der Waals surface area contributed by atoms with E-state index in [1.165, 1.54) is 45.4 Å². The average molecular weight is 168 g/mol. The number of hydrogen-bond donors (Lipinski definition) is 1. The number of piperidine rings is 1. The first-order chi connectivity index (χ1) is 5.90. The van der Waals surface area contributed by atoms with Gasteiger partial charge in [-0.1, -0.05) is 6.92 Å². The molecule has 1 N–H and O–H groups in total. The van der Waals surface area contributed by atoms with Crippen molar-refractivity contribution in [3.8, 4) is 0 Å². The summed E-state index contributed by atoms with van der Waals surface area (Å²) in [5.41, 5.74) is 0. The Morgan fingerprint density at radius 3 is 3.17 bits per heavy atom. The summed E-state index contributed by atoms with van der Waals surface area (Å²) in [7, 11) is 0. The first kappa shape index (κ1) is 8.52. The fraction of sp³-hybridized carbons (Fsp3) is 1.00. The van der Waals surface area contributed by atoms with Crippen LogP contribution in [0.2, 0.25) is 0 Å². The highest BCUT2D eigenvalue weighted by Gasteiger charge is 2.31. The van der Waals surface area contributed by atoms with Crippen LogP contribution in [0.4, 0.5) is 0 Å². The SMILES string of the molecule is CCCN1CCC2NCCC2C1. The maximum Gasteiger partial charge on any atom is 0.0120 e. The van der Waals surface area contributed by atoms with Gasteiger partial charge in [0.25, 0.3) is 0 Å². The number of hydrogen-bond acceptors (Lipinski definition) is 2. The molecule has 0 spiro atoms. The van der Waals surface area contributed by atoms with Crippen LogP contribution in [-0.2, 0) is 0 Å². The second-order valence-corrected chi connectivity index (χ2v) is 4.20. The van der Waals surface area contributed by atoms with Gasteiger partial charge in [0.1, 0.15) is 0 Å². The summed E-state index contributed by atoms with van der Waals surface area (Å²) in [5.74, 6) is 0.963. The first-order valence-corrected chi connectivity index (χ1v) is 5.36. The Balaban J connectivity index is 1.84. The number of rotatable bonds is 2. The lowest BCUT2D eigenvalue weighted by Crippen LogP contribution is -2.44. The largest absolute Gasteiger partial charge is 0.314 e. The maximum absolute atomic E-state index is 3.59.